The van der Waals surface area contributed by atoms with E-state index in [1.165, 1.54) is 65.9 Å². The van der Waals surface area contributed by atoms with Crippen LogP contribution in [0.1, 0.15) is 16.7 Å². The molecule has 0 aliphatic carbocycles. The SMILES string of the molecule is Cc1cc(C)c(-c2cc3c4c(c2)Oc2cc(-c5cccc(-n6c7ccccc7c7ccccc76)c5)ccc2B4c2ccc(-c4cccc(-n5c6ccccc6c6ccccc65)c4)cc2O3)c(C)c1. The Morgan fingerprint density at radius 3 is 1.15 bits per heavy atom. The maximum Gasteiger partial charge on any atom is 0.260 e. The third-order valence-corrected chi connectivity index (χ3v) is 14.5. The number of hydrogen-bond acceptors (Lipinski definition) is 2. The zero-order valence-electron chi connectivity index (χ0n) is 37.9. The van der Waals surface area contributed by atoms with Crippen molar-refractivity contribution in [3.8, 4) is 67.8 Å². The van der Waals surface area contributed by atoms with Gasteiger partial charge in [-0.1, -0.05) is 139 Å². The molecule has 2 aliphatic rings. The summed E-state index contributed by atoms with van der Waals surface area (Å²) in [6.07, 6.45) is 0. The van der Waals surface area contributed by atoms with Gasteiger partial charge in [0.25, 0.3) is 6.71 Å². The van der Waals surface area contributed by atoms with E-state index >= 15 is 0 Å². The van der Waals surface area contributed by atoms with Crippen LogP contribution in [0.3, 0.4) is 0 Å². The van der Waals surface area contributed by atoms with Gasteiger partial charge in [-0.2, -0.15) is 0 Å². The van der Waals surface area contributed by atoms with E-state index in [4.69, 9.17) is 9.47 Å². The average molecular weight is 871 g/mol. The molecule has 2 aromatic heterocycles. The van der Waals surface area contributed by atoms with Crippen molar-refractivity contribution in [1.82, 2.24) is 9.13 Å². The second kappa shape index (κ2) is 14.7. The molecule has 12 aromatic rings. The monoisotopic (exact) mass is 870 g/mol. The lowest BCUT2D eigenvalue weighted by atomic mass is 9.34. The van der Waals surface area contributed by atoms with Crippen molar-refractivity contribution in [2.24, 2.45) is 0 Å². The predicted octanol–water partition coefficient (Wildman–Crippen LogP) is 14.5. The van der Waals surface area contributed by atoms with Crippen LogP contribution in [-0.4, -0.2) is 15.8 Å². The summed E-state index contributed by atoms with van der Waals surface area (Å²) in [5.41, 5.74) is 20.8. The Balaban J connectivity index is 0.906. The van der Waals surface area contributed by atoms with Crippen molar-refractivity contribution in [3.63, 3.8) is 0 Å². The number of hydrogen-bond donors (Lipinski definition) is 0. The summed E-state index contributed by atoms with van der Waals surface area (Å²) in [6.45, 7) is 6.49. The molecule has 0 saturated heterocycles. The first-order valence-corrected chi connectivity index (χ1v) is 23.5. The van der Waals surface area contributed by atoms with E-state index in [1.807, 2.05) is 0 Å². The molecule has 320 valence electrons. The van der Waals surface area contributed by atoms with Gasteiger partial charge >= 0.3 is 0 Å². The van der Waals surface area contributed by atoms with Gasteiger partial charge in [0.15, 0.2) is 0 Å². The van der Waals surface area contributed by atoms with Crippen LogP contribution in [-0.2, 0) is 0 Å². The quantitative estimate of drug-likeness (QED) is 0.161. The fourth-order valence-corrected chi connectivity index (χ4v) is 11.7. The Kier molecular flexibility index (Phi) is 8.39. The third kappa shape index (κ3) is 5.82. The first kappa shape index (κ1) is 38.7. The van der Waals surface area contributed by atoms with Gasteiger partial charge in [-0.25, -0.2) is 0 Å². The van der Waals surface area contributed by atoms with E-state index in [0.29, 0.717) is 0 Å². The average Bonchev–Trinajstić information content (AvgIpc) is 3.89. The molecule has 14 rings (SSSR count). The highest BCUT2D eigenvalue weighted by atomic mass is 16.5. The number of para-hydroxylation sites is 4. The smallest absolute Gasteiger partial charge is 0.260 e. The highest BCUT2D eigenvalue weighted by Crippen LogP contribution is 2.43. The van der Waals surface area contributed by atoms with Crippen LogP contribution in [0.5, 0.6) is 23.0 Å². The summed E-state index contributed by atoms with van der Waals surface area (Å²) < 4.78 is 19.0. The van der Waals surface area contributed by atoms with Crippen molar-refractivity contribution < 1.29 is 9.47 Å². The predicted molar refractivity (Wildman–Crippen MR) is 283 cm³/mol. The second-order valence-corrected chi connectivity index (χ2v) is 18.6. The molecule has 4 heterocycles. The van der Waals surface area contributed by atoms with Crippen molar-refractivity contribution in [1.29, 1.82) is 0 Å². The summed E-state index contributed by atoms with van der Waals surface area (Å²) in [5.74, 6) is 3.38. The normalized spacial score (nSPS) is 12.5. The van der Waals surface area contributed by atoms with Gasteiger partial charge in [0.2, 0.25) is 0 Å². The van der Waals surface area contributed by atoms with Crippen molar-refractivity contribution >= 4 is 66.7 Å². The molecule has 0 radical (unpaired) electrons. The van der Waals surface area contributed by atoms with Crippen molar-refractivity contribution in [2.45, 2.75) is 20.8 Å². The van der Waals surface area contributed by atoms with Gasteiger partial charge in [0.05, 0.1) is 22.1 Å². The van der Waals surface area contributed by atoms with Gasteiger partial charge in [0, 0.05) is 38.4 Å². The molecule has 68 heavy (non-hydrogen) atoms. The molecule has 0 fully saturated rings. The molecule has 0 unspecified atom stereocenters. The van der Waals surface area contributed by atoms with Crippen LogP contribution in [0.2, 0.25) is 0 Å². The van der Waals surface area contributed by atoms with E-state index in [1.54, 1.807) is 0 Å². The maximum absolute atomic E-state index is 7.10. The number of benzene rings is 10. The highest BCUT2D eigenvalue weighted by molar-refractivity contribution is 6.98. The zero-order chi connectivity index (χ0) is 45.2. The topological polar surface area (TPSA) is 28.3 Å². The molecule has 5 heteroatoms. The highest BCUT2D eigenvalue weighted by Gasteiger charge is 2.41. The Morgan fingerprint density at radius 1 is 0.338 bits per heavy atom. The molecule has 0 bridgehead atoms. The standard InChI is InChI=1S/C63H43BN2O2/c1-38-30-39(2)62(40(3)31-38)45-36-60-63-61(37-45)68-59-35-44(42-15-13-17-47(33-42)66-56-24-10-6-20-50(56)51-21-7-11-25-57(51)66)27-29-53(59)64(63)52-28-26-43(34-58(52)67-60)41-14-12-16-46(32-41)65-54-22-8-4-18-48(54)49-19-5-9-23-55(49)65/h4-37H,1-3H3. The number of nitrogens with zero attached hydrogens (tertiary/aromatic N) is 2. The second-order valence-electron chi connectivity index (χ2n) is 18.6. The maximum atomic E-state index is 7.10. The Hall–Kier alpha value is -8.54. The molecule has 0 atom stereocenters. The van der Waals surface area contributed by atoms with Crippen LogP contribution in [0.15, 0.2) is 206 Å². The van der Waals surface area contributed by atoms with Gasteiger partial charge in [-0.05, 0) is 149 Å². The first-order valence-electron chi connectivity index (χ1n) is 23.5. The van der Waals surface area contributed by atoms with E-state index in [2.05, 4.69) is 236 Å². The van der Waals surface area contributed by atoms with Crippen LogP contribution in [0, 0.1) is 20.8 Å². The van der Waals surface area contributed by atoms with Gasteiger partial charge in [0.1, 0.15) is 23.0 Å². The largest absolute Gasteiger partial charge is 0.458 e. The Labute approximate surface area is 395 Å². The zero-order valence-corrected chi connectivity index (χ0v) is 37.9. The molecule has 4 nitrogen and oxygen atoms in total. The molecule has 2 aliphatic heterocycles. The fourth-order valence-electron chi connectivity index (χ4n) is 11.7. The molecule has 0 saturated carbocycles. The molecule has 0 spiro atoms. The van der Waals surface area contributed by atoms with Gasteiger partial charge in [-0.15, -0.1) is 0 Å². The lowest BCUT2D eigenvalue weighted by molar-refractivity contribution is 0.465. The third-order valence-electron chi connectivity index (χ3n) is 14.5. The number of aromatic nitrogens is 2. The van der Waals surface area contributed by atoms with Gasteiger partial charge in [-0.3, -0.25) is 0 Å². The lowest BCUT2D eigenvalue weighted by Gasteiger charge is -2.34. The molecule has 0 amide bonds. The first-order chi connectivity index (χ1) is 33.4. The molecule has 10 aromatic carbocycles. The molecular formula is C63H43BN2O2. The minimum absolute atomic E-state index is 0.0854. The van der Waals surface area contributed by atoms with Crippen LogP contribution in [0.4, 0.5) is 0 Å². The minimum atomic E-state index is -0.0854. The Bertz CT molecular complexity index is 3740. The summed E-state index contributed by atoms with van der Waals surface area (Å²) in [6, 6.07) is 75.0. The minimum Gasteiger partial charge on any atom is -0.458 e. The Morgan fingerprint density at radius 2 is 0.721 bits per heavy atom. The van der Waals surface area contributed by atoms with Gasteiger partial charge < -0.3 is 18.6 Å². The van der Waals surface area contributed by atoms with E-state index in [9.17, 15) is 0 Å². The van der Waals surface area contributed by atoms with Crippen LogP contribution in [0.25, 0.3) is 88.4 Å². The summed E-state index contributed by atoms with van der Waals surface area (Å²) in [7, 11) is 0. The van der Waals surface area contributed by atoms with Crippen molar-refractivity contribution in [2.75, 3.05) is 0 Å². The molecule has 0 N–H and O–H groups in total. The lowest BCUT2D eigenvalue weighted by Crippen LogP contribution is -2.57. The molecular weight excluding hydrogens is 828 g/mol. The van der Waals surface area contributed by atoms with E-state index in [-0.39, 0.29) is 6.71 Å². The summed E-state index contributed by atoms with van der Waals surface area (Å²) >= 11 is 0. The van der Waals surface area contributed by atoms with Crippen molar-refractivity contribution in [3.05, 3.63) is 223 Å². The van der Waals surface area contributed by atoms with Crippen LogP contribution >= 0.6 is 0 Å². The number of rotatable bonds is 5. The fraction of sp³-hybridized carbons (Fsp3) is 0.0476. The number of ether oxygens (including phenoxy) is 2. The van der Waals surface area contributed by atoms with E-state index in [0.717, 1.165) is 78.6 Å². The van der Waals surface area contributed by atoms with Crippen LogP contribution < -0.4 is 25.9 Å². The summed E-state index contributed by atoms with van der Waals surface area (Å²) in [4.78, 5) is 0. The van der Waals surface area contributed by atoms with E-state index < -0.39 is 0 Å². The summed E-state index contributed by atoms with van der Waals surface area (Å²) in [5, 5.41) is 5.00. The number of aryl methyl sites for hydroxylation is 3. The number of fused-ring (bicyclic) bond motifs is 10.